The van der Waals surface area contributed by atoms with E-state index in [0.29, 0.717) is 18.2 Å². The highest BCUT2D eigenvalue weighted by Crippen LogP contribution is 2.23. The molecule has 0 radical (unpaired) electrons. The van der Waals surface area contributed by atoms with Gasteiger partial charge in [-0.2, -0.15) is 0 Å². The Bertz CT molecular complexity index is 595. The van der Waals surface area contributed by atoms with Crippen LogP contribution >= 0.6 is 0 Å². The molecule has 3 rings (SSSR count). The van der Waals surface area contributed by atoms with Crippen molar-refractivity contribution in [3.63, 3.8) is 0 Å². The number of rotatable bonds is 3. The van der Waals surface area contributed by atoms with E-state index < -0.39 is 0 Å². The maximum absolute atomic E-state index is 12.0. The molecule has 1 aliphatic rings. The SMILES string of the molecule is O=C(NCC1CCc2ccccc2N1)c1ccccc1. The van der Waals surface area contributed by atoms with Gasteiger partial charge in [-0.25, -0.2) is 0 Å². The van der Waals surface area contributed by atoms with E-state index in [2.05, 4.69) is 28.8 Å². The summed E-state index contributed by atoms with van der Waals surface area (Å²) in [6.45, 7) is 0.655. The van der Waals surface area contributed by atoms with Crippen molar-refractivity contribution in [2.45, 2.75) is 18.9 Å². The zero-order valence-corrected chi connectivity index (χ0v) is 11.3. The molecular weight excluding hydrogens is 248 g/mol. The van der Waals surface area contributed by atoms with E-state index in [4.69, 9.17) is 0 Å². The van der Waals surface area contributed by atoms with Crippen molar-refractivity contribution in [1.29, 1.82) is 0 Å². The third-order valence-corrected chi connectivity index (χ3v) is 3.68. The molecule has 3 nitrogen and oxygen atoms in total. The second-order valence-electron chi connectivity index (χ2n) is 5.11. The fourth-order valence-corrected chi connectivity index (χ4v) is 2.56. The summed E-state index contributed by atoms with van der Waals surface area (Å²) in [6.07, 6.45) is 2.11. The molecule has 2 aromatic rings. The van der Waals surface area contributed by atoms with Crippen molar-refractivity contribution in [3.05, 3.63) is 65.7 Å². The van der Waals surface area contributed by atoms with E-state index in [1.54, 1.807) is 0 Å². The van der Waals surface area contributed by atoms with Gasteiger partial charge in [0.05, 0.1) is 0 Å². The minimum Gasteiger partial charge on any atom is -0.380 e. The molecule has 0 saturated heterocycles. The second kappa shape index (κ2) is 5.78. The molecular formula is C17H18N2O. The van der Waals surface area contributed by atoms with Gasteiger partial charge in [-0.15, -0.1) is 0 Å². The molecule has 3 heteroatoms. The maximum Gasteiger partial charge on any atom is 0.251 e. The van der Waals surface area contributed by atoms with Crippen molar-refractivity contribution in [3.8, 4) is 0 Å². The first kappa shape index (κ1) is 12.7. The lowest BCUT2D eigenvalue weighted by Crippen LogP contribution is -2.38. The number of anilines is 1. The summed E-state index contributed by atoms with van der Waals surface area (Å²) in [5.74, 6) is -0.00809. The molecule has 0 spiro atoms. The molecule has 0 aliphatic carbocycles. The zero-order chi connectivity index (χ0) is 13.8. The monoisotopic (exact) mass is 266 g/mol. The molecule has 102 valence electrons. The van der Waals surface area contributed by atoms with Crippen LogP contribution in [0.15, 0.2) is 54.6 Å². The fourth-order valence-electron chi connectivity index (χ4n) is 2.56. The van der Waals surface area contributed by atoms with Gasteiger partial charge in [0.1, 0.15) is 0 Å². The predicted octanol–water partition coefficient (Wildman–Crippen LogP) is 2.84. The van der Waals surface area contributed by atoms with Crippen LogP contribution in [0.3, 0.4) is 0 Å². The van der Waals surface area contributed by atoms with E-state index in [1.165, 1.54) is 11.3 Å². The Morgan fingerprint density at radius 3 is 2.70 bits per heavy atom. The number of carbonyl (C=O) groups is 1. The summed E-state index contributed by atoms with van der Waals surface area (Å²) in [5, 5.41) is 6.49. The van der Waals surface area contributed by atoms with Crippen molar-refractivity contribution in [2.75, 3.05) is 11.9 Å². The first-order valence-corrected chi connectivity index (χ1v) is 7.00. The first-order valence-electron chi connectivity index (χ1n) is 7.00. The molecule has 1 atom stereocenters. The number of fused-ring (bicyclic) bond motifs is 1. The normalized spacial score (nSPS) is 16.9. The summed E-state index contributed by atoms with van der Waals surface area (Å²) in [6, 6.07) is 18.0. The molecule has 0 fully saturated rings. The average Bonchev–Trinajstić information content (AvgIpc) is 2.53. The Morgan fingerprint density at radius 2 is 1.85 bits per heavy atom. The molecule has 1 unspecified atom stereocenters. The summed E-state index contributed by atoms with van der Waals surface area (Å²) >= 11 is 0. The summed E-state index contributed by atoms with van der Waals surface area (Å²) in [5.41, 5.74) is 3.26. The lowest BCUT2D eigenvalue weighted by atomic mass is 9.98. The van der Waals surface area contributed by atoms with Gasteiger partial charge in [0.25, 0.3) is 5.91 Å². The third-order valence-electron chi connectivity index (χ3n) is 3.68. The Hall–Kier alpha value is -2.29. The van der Waals surface area contributed by atoms with Crippen molar-refractivity contribution >= 4 is 11.6 Å². The van der Waals surface area contributed by atoms with Gasteiger partial charge < -0.3 is 10.6 Å². The van der Waals surface area contributed by atoms with E-state index >= 15 is 0 Å². The minimum absolute atomic E-state index is 0.00809. The molecule has 0 bridgehead atoms. The Kier molecular flexibility index (Phi) is 3.68. The number of carbonyl (C=O) groups excluding carboxylic acids is 1. The Labute approximate surface area is 119 Å². The molecule has 2 aromatic carbocycles. The number of para-hydroxylation sites is 1. The van der Waals surface area contributed by atoms with Gasteiger partial charge in [0.15, 0.2) is 0 Å². The average molecular weight is 266 g/mol. The number of hydrogen-bond acceptors (Lipinski definition) is 2. The zero-order valence-electron chi connectivity index (χ0n) is 11.3. The number of benzene rings is 2. The number of aryl methyl sites for hydroxylation is 1. The van der Waals surface area contributed by atoms with Crippen molar-refractivity contribution in [2.24, 2.45) is 0 Å². The fraction of sp³-hybridized carbons (Fsp3) is 0.235. The van der Waals surface area contributed by atoms with Crippen molar-refractivity contribution in [1.82, 2.24) is 5.32 Å². The van der Waals surface area contributed by atoms with Gasteiger partial charge in [-0.05, 0) is 36.6 Å². The van der Waals surface area contributed by atoms with Crippen LogP contribution in [-0.2, 0) is 6.42 Å². The quantitative estimate of drug-likeness (QED) is 0.897. The van der Waals surface area contributed by atoms with Crippen LogP contribution in [0.25, 0.3) is 0 Å². The summed E-state index contributed by atoms with van der Waals surface area (Å²) < 4.78 is 0. The molecule has 20 heavy (non-hydrogen) atoms. The standard InChI is InChI=1S/C17H18N2O/c20-17(14-7-2-1-3-8-14)18-12-15-11-10-13-6-4-5-9-16(13)19-15/h1-9,15,19H,10-12H2,(H,18,20). The van der Waals surface area contributed by atoms with Gasteiger partial charge >= 0.3 is 0 Å². The van der Waals surface area contributed by atoms with Gasteiger partial charge in [-0.1, -0.05) is 36.4 Å². The highest BCUT2D eigenvalue weighted by Gasteiger charge is 2.17. The predicted molar refractivity (Wildman–Crippen MR) is 80.9 cm³/mol. The third kappa shape index (κ3) is 2.82. The van der Waals surface area contributed by atoms with Crippen LogP contribution in [0, 0.1) is 0 Å². The highest BCUT2D eigenvalue weighted by atomic mass is 16.1. The van der Waals surface area contributed by atoms with Crippen LogP contribution < -0.4 is 10.6 Å². The van der Waals surface area contributed by atoms with E-state index in [0.717, 1.165) is 12.8 Å². The van der Waals surface area contributed by atoms with Crippen LogP contribution in [0.2, 0.25) is 0 Å². The molecule has 2 N–H and O–H groups in total. The van der Waals surface area contributed by atoms with Crippen LogP contribution in [0.5, 0.6) is 0 Å². The topological polar surface area (TPSA) is 41.1 Å². The number of nitrogens with one attached hydrogen (secondary N) is 2. The second-order valence-corrected chi connectivity index (χ2v) is 5.11. The van der Waals surface area contributed by atoms with E-state index in [1.807, 2.05) is 36.4 Å². The molecule has 0 aromatic heterocycles. The number of hydrogen-bond donors (Lipinski definition) is 2. The highest BCUT2D eigenvalue weighted by molar-refractivity contribution is 5.94. The Balaban J connectivity index is 1.57. The van der Waals surface area contributed by atoms with Gasteiger partial charge in [-0.3, -0.25) is 4.79 Å². The van der Waals surface area contributed by atoms with Crippen LogP contribution in [0.1, 0.15) is 22.3 Å². The van der Waals surface area contributed by atoms with Crippen molar-refractivity contribution < 1.29 is 4.79 Å². The van der Waals surface area contributed by atoms with Gasteiger partial charge in [0, 0.05) is 23.8 Å². The van der Waals surface area contributed by atoms with Gasteiger partial charge in [0.2, 0.25) is 0 Å². The smallest absolute Gasteiger partial charge is 0.251 e. The summed E-state index contributed by atoms with van der Waals surface area (Å²) in [7, 11) is 0. The summed E-state index contributed by atoms with van der Waals surface area (Å²) in [4.78, 5) is 12.0. The largest absolute Gasteiger partial charge is 0.380 e. The molecule has 1 heterocycles. The lowest BCUT2D eigenvalue weighted by Gasteiger charge is -2.27. The van der Waals surface area contributed by atoms with Crippen LogP contribution in [0.4, 0.5) is 5.69 Å². The van der Waals surface area contributed by atoms with Crippen LogP contribution in [-0.4, -0.2) is 18.5 Å². The minimum atomic E-state index is -0.00809. The molecule has 1 amide bonds. The van der Waals surface area contributed by atoms with E-state index in [-0.39, 0.29) is 5.91 Å². The van der Waals surface area contributed by atoms with E-state index in [9.17, 15) is 4.79 Å². The maximum atomic E-state index is 12.0. The first-order chi connectivity index (χ1) is 9.83. The Morgan fingerprint density at radius 1 is 1.10 bits per heavy atom. The number of amides is 1. The molecule has 1 aliphatic heterocycles. The lowest BCUT2D eigenvalue weighted by molar-refractivity contribution is 0.0951. The molecule has 0 saturated carbocycles.